The highest BCUT2D eigenvalue weighted by molar-refractivity contribution is 5.80. The molecule has 1 saturated heterocycles. The van der Waals surface area contributed by atoms with Crippen LogP contribution in [0.2, 0.25) is 0 Å². The normalized spacial score (nSPS) is 15.3. The molecular weight excluding hydrogens is 408 g/mol. The molecule has 0 radical (unpaired) electrons. The van der Waals surface area contributed by atoms with Gasteiger partial charge in [0.15, 0.2) is 0 Å². The van der Waals surface area contributed by atoms with Crippen molar-refractivity contribution in [2.75, 3.05) is 45.9 Å². The summed E-state index contributed by atoms with van der Waals surface area (Å²) in [5.74, 6) is 0.426. The zero-order chi connectivity index (χ0) is 23.8. The second-order valence-corrected chi connectivity index (χ2v) is 10.5. The minimum absolute atomic E-state index is 0.276. The number of carbonyl (C=O) groups excluding carboxylic acids is 1. The second-order valence-electron chi connectivity index (χ2n) is 10.5. The molecule has 4 nitrogen and oxygen atoms in total. The number of aliphatic hydroxyl groups excluding tert-OH is 1. The lowest BCUT2D eigenvalue weighted by Gasteiger charge is -2.34. The first-order chi connectivity index (χ1) is 16.3. The minimum Gasteiger partial charge on any atom is -0.396 e. The summed E-state index contributed by atoms with van der Waals surface area (Å²) >= 11 is 0. The first kappa shape index (κ1) is 30.6. The lowest BCUT2D eigenvalue weighted by molar-refractivity contribution is -0.120. The van der Waals surface area contributed by atoms with Gasteiger partial charge in [-0.2, -0.15) is 0 Å². The van der Waals surface area contributed by atoms with Gasteiger partial charge in [-0.05, 0) is 12.8 Å². The van der Waals surface area contributed by atoms with E-state index in [-0.39, 0.29) is 6.61 Å². The summed E-state index contributed by atoms with van der Waals surface area (Å²) < 4.78 is 0. The fourth-order valence-electron chi connectivity index (χ4n) is 5.02. The summed E-state index contributed by atoms with van der Waals surface area (Å²) in [5, 5.41) is 8.93. The van der Waals surface area contributed by atoms with Crippen LogP contribution in [0.5, 0.6) is 0 Å². The van der Waals surface area contributed by atoms with E-state index in [0.29, 0.717) is 12.3 Å². The van der Waals surface area contributed by atoms with Crippen LogP contribution < -0.4 is 0 Å². The van der Waals surface area contributed by atoms with Crippen LogP contribution >= 0.6 is 0 Å². The number of hydrogen-bond donors (Lipinski definition) is 1. The molecule has 0 aromatic carbocycles. The molecule has 1 fully saturated rings. The van der Waals surface area contributed by atoms with Crippen LogP contribution in [-0.2, 0) is 4.79 Å². The molecule has 33 heavy (non-hydrogen) atoms. The van der Waals surface area contributed by atoms with Crippen molar-refractivity contribution in [1.29, 1.82) is 0 Å². The van der Waals surface area contributed by atoms with Gasteiger partial charge in [0.25, 0.3) is 0 Å². The number of unbranched alkanes of at least 4 members (excludes halogenated alkanes) is 17. The number of nitrogens with zero attached hydrogens (tertiary/aromatic N) is 2. The molecule has 0 spiro atoms. The van der Waals surface area contributed by atoms with Gasteiger partial charge in [0, 0.05) is 45.8 Å². The quantitative estimate of drug-likeness (QED) is 0.156. The maximum absolute atomic E-state index is 12.2. The van der Waals surface area contributed by atoms with Crippen LogP contribution in [0, 0.1) is 0 Å². The van der Waals surface area contributed by atoms with Crippen LogP contribution in [-0.4, -0.2) is 66.6 Å². The number of carbonyl (C=O) groups is 1. The third-order valence-electron chi connectivity index (χ3n) is 7.31. The molecule has 0 amide bonds. The lowest BCUT2D eigenvalue weighted by Crippen LogP contribution is -2.48. The van der Waals surface area contributed by atoms with Crippen molar-refractivity contribution in [1.82, 2.24) is 9.80 Å². The summed E-state index contributed by atoms with van der Waals surface area (Å²) in [7, 11) is 0. The van der Waals surface area contributed by atoms with E-state index in [1.807, 2.05) is 0 Å². The van der Waals surface area contributed by atoms with Crippen molar-refractivity contribution in [2.45, 2.75) is 135 Å². The van der Waals surface area contributed by atoms with E-state index in [2.05, 4.69) is 16.7 Å². The maximum atomic E-state index is 12.2. The Balaban J connectivity index is 1.76. The van der Waals surface area contributed by atoms with E-state index in [1.54, 1.807) is 0 Å². The van der Waals surface area contributed by atoms with Gasteiger partial charge in [-0.15, -0.1) is 0 Å². The molecular formula is C29H58N2O2. The molecule has 0 saturated carbocycles. The average molecular weight is 467 g/mol. The SMILES string of the molecule is CCCCCCCCCCCCCCCCCCCCC(=O)CN1CCN(CCCO)CC1. The van der Waals surface area contributed by atoms with Crippen molar-refractivity contribution in [2.24, 2.45) is 0 Å². The van der Waals surface area contributed by atoms with Crippen molar-refractivity contribution < 1.29 is 9.90 Å². The number of aliphatic hydroxyl groups is 1. The van der Waals surface area contributed by atoms with Crippen LogP contribution in [0.25, 0.3) is 0 Å². The molecule has 1 heterocycles. The van der Waals surface area contributed by atoms with Gasteiger partial charge < -0.3 is 10.0 Å². The highest BCUT2D eigenvalue weighted by Crippen LogP contribution is 2.14. The van der Waals surface area contributed by atoms with Gasteiger partial charge in [0.1, 0.15) is 5.78 Å². The minimum atomic E-state index is 0.276. The Kier molecular flexibility index (Phi) is 21.6. The van der Waals surface area contributed by atoms with Crippen LogP contribution in [0.3, 0.4) is 0 Å². The Hall–Kier alpha value is -0.450. The lowest BCUT2D eigenvalue weighted by atomic mass is 10.0. The Morgan fingerprint density at radius 1 is 0.576 bits per heavy atom. The molecule has 0 atom stereocenters. The summed E-state index contributed by atoms with van der Waals surface area (Å²) in [4.78, 5) is 17.0. The summed E-state index contributed by atoms with van der Waals surface area (Å²) in [6.07, 6.45) is 26.6. The third-order valence-corrected chi connectivity index (χ3v) is 7.31. The molecule has 1 rings (SSSR count). The average Bonchev–Trinajstić information content (AvgIpc) is 2.83. The number of Topliss-reactive ketones (excluding diaryl/α,β-unsaturated/α-hetero) is 1. The summed E-state index contributed by atoms with van der Waals surface area (Å²) in [6.45, 7) is 8.26. The predicted molar refractivity (Wildman–Crippen MR) is 143 cm³/mol. The Morgan fingerprint density at radius 2 is 0.970 bits per heavy atom. The van der Waals surface area contributed by atoms with Gasteiger partial charge in [0.05, 0.1) is 6.54 Å². The number of rotatable bonds is 24. The highest BCUT2D eigenvalue weighted by atomic mass is 16.3. The molecule has 1 N–H and O–H groups in total. The Labute approximate surface area is 206 Å². The van der Waals surface area contributed by atoms with E-state index in [4.69, 9.17) is 5.11 Å². The largest absolute Gasteiger partial charge is 0.396 e. The predicted octanol–water partition coefficient (Wildman–Crippen LogP) is 6.99. The first-order valence-corrected chi connectivity index (χ1v) is 14.8. The molecule has 1 aliphatic heterocycles. The Bertz CT molecular complexity index is 422. The van der Waals surface area contributed by atoms with E-state index in [1.165, 1.54) is 109 Å². The molecule has 196 valence electrons. The van der Waals surface area contributed by atoms with E-state index >= 15 is 0 Å². The zero-order valence-electron chi connectivity index (χ0n) is 22.3. The van der Waals surface area contributed by atoms with Gasteiger partial charge in [-0.1, -0.05) is 116 Å². The number of hydrogen-bond acceptors (Lipinski definition) is 4. The zero-order valence-corrected chi connectivity index (χ0v) is 22.3. The summed E-state index contributed by atoms with van der Waals surface area (Å²) in [6, 6.07) is 0. The van der Waals surface area contributed by atoms with Gasteiger partial charge in [-0.25, -0.2) is 0 Å². The van der Waals surface area contributed by atoms with Gasteiger partial charge in [0.2, 0.25) is 0 Å². The van der Waals surface area contributed by atoms with E-state index < -0.39 is 0 Å². The highest BCUT2D eigenvalue weighted by Gasteiger charge is 2.18. The third kappa shape index (κ3) is 19.5. The number of ketones is 1. The standard InChI is InChI=1S/C29H58N2O2/c1-2-3-4-5-6-7-8-9-10-11-12-13-14-15-16-17-18-19-21-29(33)28-31-25-23-30(24-26-31)22-20-27-32/h32H,2-28H2,1H3. The van der Waals surface area contributed by atoms with E-state index in [0.717, 1.165) is 52.0 Å². The van der Waals surface area contributed by atoms with Gasteiger partial charge >= 0.3 is 0 Å². The smallest absolute Gasteiger partial charge is 0.146 e. The molecule has 1 aliphatic rings. The number of piperazine rings is 1. The van der Waals surface area contributed by atoms with E-state index in [9.17, 15) is 4.79 Å². The second kappa shape index (κ2) is 23.3. The monoisotopic (exact) mass is 466 g/mol. The maximum Gasteiger partial charge on any atom is 0.146 e. The summed E-state index contributed by atoms with van der Waals surface area (Å²) in [5.41, 5.74) is 0. The van der Waals surface area contributed by atoms with Crippen molar-refractivity contribution in [3.8, 4) is 0 Å². The molecule has 0 bridgehead atoms. The van der Waals surface area contributed by atoms with Gasteiger partial charge in [-0.3, -0.25) is 9.69 Å². The molecule has 0 aliphatic carbocycles. The first-order valence-electron chi connectivity index (χ1n) is 14.8. The fraction of sp³-hybridized carbons (Fsp3) is 0.966. The van der Waals surface area contributed by atoms with Crippen molar-refractivity contribution in [3.05, 3.63) is 0 Å². The van der Waals surface area contributed by atoms with Crippen LogP contribution in [0.4, 0.5) is 0 Å². The fourth-order valence-corrected chi connectivity index (χ4v) is 5.02. The molecule has 0 unspecified atom stereocenters. The molecule has 0 aromatic heterocycles. The molecule has 0 aromatic rings. The van der Waals surface area contributed by atoms with Crippen LogP contribution in [0.15, 0.2) is 0 Å². The van der Waals surface area contributed by atoms with Crippen molar-refractivity contribution >= 4 is 5.78 Å². The molecule has 4 heteroatoms. The van der Waals surface area contributed by atoms with Crippen LogP contribution in [0.1, 0.15) is 135 Å². The Morgan fingerprint density at radius 3 is 1.39 bits per heavy atom. The van der Waals surface area contributed by atoms with Crippen molar-refractivity contribution in [3.63, 3.8) is 0 Å². The topological polar surface area (TPSA) is 43.8 Å².